The zero-order valence-corrected chi connectivity index (χ0v) is 25.6. The van der Waals surface area contributed by atoms with Gasteiger partial charge in [-0.05, 0) is 63.9 Å². The fraction of sp³-hybridized carbons (Fsp3) is 0.375. The van der Waals surface area contributed by atoms with Crippen molar-refractivity contribution in [2.24, 2.45) is 0 Å². The van der Waals surface area contributed by atoms with Crippen LogP contribution in [0, 0.1) is 6.92 Å². The van der Waals surface area contributed by atoms with E-state index in [1.165, 1.54) is 17.0 Å². The highest BCUT2D eigenvalue weighted by molar-refractivity contribution is 7.92. The lowest BCUT2D eigenvalue weighted by Crippen LogP contribution is -2.55. The van der Waals surface area contributed by atoms with E-state index in [2.05, 4.69) is 5.32 Å². The number of benzene rings is 3. The molecule has 0 aliphatic carbocycles. The Hall–Kier alpha value is -4.05. The molecule has 1 aliphatic rings. The van der Waals surface area contributed by atoms with Crippen LogP contribution in [0.2, 0.25) is 0 Å². The van der Waals surface area contributed by atoms with E-state index in [1.54, 1.807) is 36.4 Å². The summed E-state index contributed by atoms with van der Waals surface area (Å²) in [6.45, 7) is 9.74. The van der Waals surface area contributed by atoms with E-state index in [-0.39, 0.29) is 23.0 Å². The van der Waals surface area contributed by atoms with Gasteiger partial charge < -0.3 is 19.7 Å². The van der Waals surface area contributed by atoms with E-state index in [1.807, 2.05) is 58.9 Å². The van der Waals surface area contributed by atoms with Gasteiger partial charge in [0.15, 0.2) is 11.5 Å². The molecule has 0 aromatic heterocycles. The first-order valence-corrected chi connectivity index (χ1v) is 15.5. The van der Waals surface area contributed by atoms with Crippen LogP contribution in [0.25, 0.3) is 0 Å². The third-order valence-corrected chi connectivity index (χ3v) is 8.53. The third-order valence-electron chi connectivity index (χ3n) is 6.74. The minimum absolute atomic E-state index is 0.0374. The summed E-state index contributed by atoms with van der Waals surface area (Å²) in [5, 5.41) is 2.98. The number of ether oxygens (including phenoxy) is 2. The van der Waals surface area contributed by atoms with Gasteiger partial charge in [-0.2, -0.15) is 0 Å². The highest BCUT2D eigenvalue weighted by Crippen LogP contribution is 2.36. The maximum absolute atomic E-state index is 14.2. The van der Waals surface area contributed by atoms with Gasteiger partial charge in [-0.25, -0.2) is 8.42 Å². The lowest BCUT2D eigenvalue weighted by Gasteiger charge is -2.35. The van der Waals surface area contributed by atoms with Gasteiger partial charge in [0, 0.05) is 18.2 Å². The topological polar surface area (TPSA) is 105 Å². The van der Waals surface area contributed by atoms with Crippen LogP contribution >= 0.6 is 0 Å². The summed E-state index contributed by atoms with van der Waals surface area (Å²) in [5.74, 6) is 0.0797. The van der Waals surface area contributed by atoms with Gasteiger partial charge in [0.25, 0.3) is 10.0 Å². The largest absolute Gasteiger partial charge is 0.486 e. The Morgan fingerprint density at radius 3 is 2.26 bits per heavy atom. The van der Waals surface area contributed by atoms with Crippen molar-refractivity contribution in [2.75, 3.05) is 24.1 Å². The molecule has 1 heterocycles. The molecule has 0 spiro atoms. The molecule has 1 atom stereocenters. The lowest BCUT2D eigenvalue weighted by molar-refractivity contribution is -0.141. The number of nitrogens with zero attached hydrogens (tertiary/aromatic N) is 2. The van der Waals surface area contributed by atoms with Gasteiger partial charge >= 0.3 is 0 Å². The second-order valence-electron chi connectivity index (χ2n) is 11.3. The zero-order valence-electron chi connectivity index (χ0n) is 24.8. The number of fused-ring (bicyclic) bond motifs is 1. The summed E-state index contributed by atoms with van der Waals surface area (Å²) >= 11 is 0. The molecule has 9 nitrogen and oxygen atoms in total. The fourth-order valence-corrected chi connectivity index (χ4v) is 6.24. The standard InChI is InChI=1S/C32H39N3O6S/c1-6-27(31(37)33-32(3,4)5)34(21-24-12-10-11-23(2)19-24)30(36)22-35(42(38,39)26-13-8-7-9-14-26)25-15-16-28-29(20-25)41-18-17-40-28/h7-16,19-20,27H,6,17-18,21-22H2,1-5H3,(H,33,37). The van der Waals surface area contributed by atoms with Crippen molar-refractivity contribution >= 4 is 27.5 Å². The fourth-order valence-electron chi connectivity index (χ4n) is 4.82. The van der Waals surface area contributed by atoms with Crippen LogP contribution in [0.3, 0.4) is 0 Å². The van der Waals surface area contributed by atoms with Crippen LogP contribution in [0.5, 0.6) is 11.5 Å². The van der Waals surface area contributed by atoms with Gasteiger partial charge in [0.1, 0.15) is 25.8 Å². The van der Waals surface area contributed by atoms with Gasteiger partial charge in [-0.15, -0.1) is 0 Å². The Balaban J connectivity index is 1.76. The van der Waals surface area contributed by atoms with E-state index < -0.39 is 34.1 Å². The van der Waals surface area contributed by atoms with Crippen LogP contribution < -0.4 is 19.1 Å². The molecule has 224 valence electrons. The normalized spacial score (nSPS) is 13.6. The molecule has 4 rings (SSSR count). The lowest BCUT2D eigenvalue weighted by atomic mass is 10.0. The molecule has 0 saturated carbocycles. The quantitative estimate of drug-likeness (QED) is 0.366. The van der Waals surface area contributed by atoms with Gasteiger partial charge in [0.05, 0.1) is 10.6 Å². The smallest absolute Gasteiger partial charge is 0.264 e. The number of nitrogens with one attached hydrogen (secondary N) is 1. The molecule has 42 heavy (non-hydrogen) atoms. The Morgan fingerprint density at radius 2 is 1.62 bits per heavy atom. The molecule has 0 bridgehead atoms. The number of aryl methyl sites for hydroxylation is 1. The SMILES string of the molecule is CCC(C(=O)NC(C)(C)C)N(Cc1cccc(C)c1)C(=O)CN(c1ccc2c(c1)OCCO2)S(=O)(=O)c1ccccc1. The predicted octanol–water partition coefficient (Wildman–Crippen LogP) is 4.68. The van der Waals surface area contributed by atoms with Crippen molar-refractivity contribution < 1.29 is 27.5 Å². The average molecular weight is 594 g/mol. The predicted molar refractivity (Wildman–Crippen MR) is 162 cm³/mol. The van der Waals surface area contributed by atoms with Gasteiger partial charge in [-0.3, -0.25) is 13.9 Å². The van der Waals surface area contributed by atoms with Crippen molar-refractivity contribution in [3.8, 4) is 11.5 Å². The number of hydrogen-bond donors (Lipinski definition) is 1. The second-order valence-corrected chi connectivity index (χ2v) is 13.2. The zero-order chi connectivity index (χ0) is 30.5. The second kappa shape index (κ2) is 12.9. The van der Waals surface area contributed by atoms with Crippen molar-refractivity contribution in [3.63, 3.8) is 0 Å². The van der Waals surface area contributed by atoms with E-state index in [0.717, 1.165) is 15.4 Å². The van der Waals surface area contributed by atoms with E-state index in [9.17, 15) is 18.0 Å². The van der Waals surface area contributed by atoms with Crippen molar-refractivity contribution in [2.45, 2.75) is 64.1 Å². The summed E-state index contributed by atoms with van der Waals surface area (Å²) in [4.78, 5) is 29.2. The number of sulfonamides is 1. The Kier molecular flexibility index (Phi) is 9.46. The molecule has 1 N–H and O–H groups in total. The number of amides is 2. The molecule has 2 amide bonds. The highest BCUT2D eigenvalue weighted by Gasteiger charge is 2.35. The molecule has 3 aromatic carbocycles. The summed E-state index contributed by atoms with van der Waals surface area (Å²) in [5.41, 5.74) is 1.58. The molecule has 1 aliphatic heterocycles. The first-order chi connectivity index (χ1) is 19.9. The summed E-state index contributed by atoms with van der Waals surface area (Å²) in [6, 6.07) is 19.6. The molecule has 0 fully saturated rings. The molecular formula is C32H39N3O6S. The molecular weight excluding hydrogens is 554 g/mol. The van der Waals surface area contributed by atoms with Gasteiger partial charge in [0.2, 0.25) is 11.8 Å². The van der Waals surface area contributed by atoms with Crippen LogP contribution in [0.4, 0.5) is 5.69 Å². The monoisotopic (exact) mass is 593 g/mol. The van der Waals surface area contributed by atoms with Crippen LogP contribution in [0.1, 0.15) is 45.2 Å². The summed E-state index contributed by atoms with van der Waals surface area (Å²) < 4.78 is 40.5. The summed E-state index contributed by atoms with van der Waals surface area (Å²) in [6.07, 6.45) is 0.342. The van der Waals surface area contributed by atoms with Crippen molar-refractivity contribution in [3.05, 3.63) is 83.9 Å². The molecule has 0 radical (unpaired) electrons. The number of anilines is 1. The Morgan fingerprint density at radius 1 is 0.929 bits per heavy atom. The Labute approximate surface area is 248 Å². The highest BCUT2D eigenvalue weighted by atomic mass is 32.2. The maximum Gasteiger partial charge on any atom is 0.264 e. The first-order valence-electron chi connectivity index (χ1n) is 14.0. The summed E-state index contributed by atoms with van der Waals surface area (Å²) in [7, 11) is -4.18. The molecule has 0 saturated heterocycles. The number of carbonyl (C=O) groups is 2. The average Bonchev–Trinajstić information content (AvgIpc) is 2.95. The molecule has 3 aromatic rings. The first kappa shape index (κ1) is 30.9. The van der Waals surface area contributed by atoms with Crippen LogP contribution in [-0.4, -0.2) is 56.5 Å². The van der Waals surface area contributed by atoms with Crippen LogP contribution in [-0.2, 0) is 26.2 Å². The number of hydrogen-bond acceptors (Lipinski definition) is 6. The number of rotatable bonds is 10. The van der Waals surface area contributed by atoms with Gasteiger partial charge in [-0.1, -0.05) is 55.0 Å². The molecule has 10 heteroatoms. The molecule has 1 unspecified atom stereocenters. The van der Waals surface area contributed by atoms with E-state index in [0.29, 0.717) is 31.1 Å². The van der Waals surface area contributed by atoms with Crippen molar-refractivity contribution in [1.82, 2.24) is 10.2 Å². The maximum atomic E-state index is 14.2. The minimum Gasteiger partial charge on any atom is -0.486 e. The third kappa shape index (κ3) is 7.42. The van der Waals surface area contributed by atoms with E-state index >= 15 is 0 Å². The van der Waals surface area contributed by atoms with E-state index in [4.69, 9.17) is 9.47 Å². The number of carbonyl (C=O) groups excluding carboxylic acids is 2. The minimum atomic E-state index is -4.18. The van der Waals surface area contributed by atoms with Crippen LogP contribution in [0.15, 0.2) is 77.7 Å². The Bertz CT molecular complexity index is 1520. The van der Waals surface area contributed by atoms with Crippen molar-refractivity contribution in [1.29, 1.82) is 0 Å².